The van der Waals surface area contributed by atoms with E-state index in [0.29, 0.717) is 30.2 Å². The monoisotopic (exact) mass is 399 g/mol. The van der Waals surface area contributed by atoms with Crippen molar-refractivity contribution in [2.45, 2.75) is 38.8 Å². The molecule has 0 radical (unpaired) electrons. The zero-order chi connectivity index (χ0) is 20.5. The quantitative estimate of drug-likeness (QED) is 0.695. The molecule has 1 aliphatic heterocycles. The Morgan fingerprint density at radius 2 is 2.21 bits per heavy atom. The van der Waals surface area contributed by atoms with Crippen LogP contribution in [-0.2, 0) is 0 Å². The van der Waals surface area contributed by atoms with E-state index in [0.717, 1.165) is 17.4 Å². The maximum absolute atomic E-state index is 14.5. The maximum atomic E-state index is 14.5. The van der Waals surface area contributed by atoms with Crippen molar-refractivity contribution in [2.75, 3.05) is 18.4 Å². The molecular formula is C21H23F2N5O. The lowest BCUT2D eigenvalue weighted by Crippen LogP contribution is -2.33. The molecule has 1 saturated heterocycles. The third-order valence-electron chi connectivity index (χ3n) is 5.42. The molecule has 0 aliphatic carbocycles. The number of carbonyl (C=O) groups is 1. The van der Waals surface area contributed by atoms with Crippen molar-refractivity contribution in [3.8, 4) is 5.69 Å². The fraction of sp³-hybridized carbons (Fsp3) is 0.381. The van der Waals surface area contributed by atoms with Crippen LogP contribution in [0.25, 0.3) is 16.7 Å². The molecule has 2 atom stereocenters. The van der Waals surface area contributed by atoms with Gasteiger partial charge in [0.1, 0.15) is 17.7 Å². The van der Waals surface area contributed by atoms with Crippen molar-refractivity contribution in [3.63, 3.8) is 0 Å². The van der Waals surface area contributed by atoms with Crippen LogP contribution in [0.3, 0.4) is 0 Å². The highest BCUT2D eigenvalue weighted by atomic mass is 19.1. The SMILES string of the molecule is CCC(C)c1cnc2nn(-c3cc(NC(=O)N4CCC(F)C4)ccc3F)cc2c1. The second-order valence-electron chi connectivity index (χ2n) is 7.49. The minimum Gasteiger partial charge on any atom is -0.322 e. The number of aromatic nitrogens is 3. The molecule has 2 aromatic heterocycles. The predicted octanol–water partition coefficient (Wildman–Crippen LogP) is 4.65. The van der Waals surface area contributed by atoms with Gasteiger partial charge in [-0.2, -0.15) is 0 Å². The van der Waals surface area contributed by atoms with Gasteiger partial charge >= 0.3 is 6.03 Å². The predicted molar refractivity (Wildman–Crippen MR) is 108 cm³/mol. The topological polar surface area (TPSA) is 63.1 Å². The Labute approximate surface area is 167 Å². The highest BCUT2D eigenvalue weighted by molar-refractivity contribution is 5.90. The molecule has 4 rings (SSSR count). The average Bonchev–Trinajstić information content (AvgIpc) is 3.34. The Hall–Kier alpha value is -3.03. The number of amides is 2. The van der Waals surface area contributed by atoms with Crippen molar-refractivity contribution >= 4 is 22.8 Å². The smallest absolute Gasteiger partial charge is 0.321 e. The van der Waals surface area contributed by atoms with Crippen LogP contribution in [0.15, 0.2) is 36.7 Å². The van der Waals surface area contributed by atoms with Gasteiger partial charge in [0.05, 0.1) is 6.54 Å². The first-order valence-electron chi connectivity index (χ1n) is 9.80. The molecule has 3 aromatic rings. The number of fused-ring (bicyclic) bond motifs is 1. The molecule has 1 fully saturated rings. The minimum absolute atomic E-state index is 0.0780. The molecule has 3 heterocycles. The van der Waals surface area contributed by atoms with Gasteiger partial charge in [0, 0.05) is 30.0 Å². The number of pyridine rings is 1. The fourth-order valence-electron chi connectivity index (χ4n) is 3.43. The number of hydrogen-bond acceptors (Lipinski definition) is 3. The second kappa shape index (κ2) is 7.77. The summed E-state index contributed by atoms with van der Waals surface area (Å²) in [7, 11) is 0. The third-order valence-corrected chi connectivity index (χ3v) is 5.42. The molecule has 2 unspecified atom stereocenters. The summed E-state index contributed by atoms with van der Waals surface area (Å²) in [6.45, 7) is 4.69. The van der Waals surface area contributed by atoms with E-state index in [-0.39, 0.29) is 12.2 Å². The molecule has 1 aliphatic rings. The van der Waals surface area contributed by atoms with Crippen LogP contribution < -0.4 is 5.32 Å². The van der Waals surface area contributed by atoms with E-state index in [1.165, 1.54) is 27.8 Å². The highest BCUT2D eigenvalue weighted by Gasteiger charge is 2.26. The summed E-state index contributed by atoms with van der Waals surface area (Å²) >= 11 is 0. The Bertz CT molecular complexity index is 1050. The molecule has 29 heavy (non-hydrogen) atoms. The van der Waals surface area contributed by atoms with Crippen LogP contribution >= 0.6 is 0 Å². The molecule has 1 aromatic carbocycles. The standard InChI is InChI=1S/C21H23F2N5O/c1-3-13(2)14-8-15-11-28(26-20(15)24-10-14)19-9-17(4-5-18(19)23)25-21(29)27-7-6-16(22)12-27/h4-5,8-11,13,16H,3,6-7,12H2,1-2H3,(H,25,29). The Morgan fingerprint density at radius 3 is 2.93 bits per heavy atom. The molecule has 0 bridgehead atoms. The summed E-state index contributed by atoms with van der Waals surface area (Å²) < 4.78 is 29.2. The largest absolute Gasteiger partial charge is 0.322 e. The van der Waals surface area contributed by atoms with Gasteiger partial charge in [-0.15, -0.1) is 5.10 Å². The molecule has 2 amide bonds. The second-order valence-corrected chi connectivity index (χ2v) is 7.49. The van der Waals surface area contributed by atoms with Gasteiger partial charge in [-0.3, -0.25) is 0 Å². The number of nitrogens with zero attached hydrogens (tertiary/aromatic N) is 4. The number of nitrogens with one attached hydrogen (secondary N) is 1. The Morgan fingerprint density at radius 1 is 1.38 bits per heavy atom. The number of halogens is 2. The van der Waals surface area contributed by atoms with Crippen molar-refractivity contribution in [3.05, 3.63) is 48.0 Å². The molecule has 152 valence electrons. The fourth-order valence-corrected chi connectivity index (χ4v) is 3.43. The van der Waals surface area contributed by atoms with Gasteiger partial charge in [-0.05, 0) is 48.6 Å². The number of hydrogen-bond donors (Lipinski definition) is 1. The average molecular weight is 399 g/mol. The van der Waals surface area contributed by atoms with E-state index in [4.69, 9.17) is 0 Å². The number of rotatable bonds is 4. The molecule has 1 N–H and O–H groups in total. The van der Waals surface area contributed by atoms with E-state index in [2.05, 4.69) is 29.2 Å². The number of alkyl halides is 1. The lowest BCUT2D eigenvalue weighted by molar-refractivity contribution is 0.218. The van der Waals surface area contributed by atoms with Gasteiger partial charge in [-0.25, -0.2) is 23.2 Å². The Kier molecular flexibility index (Phi) is 5.17. The van der Waals surface area contributed by atoms with E-state index >= 15 is 0 Å². The van der Waals surface area contributed by atoms with Crippen LogP contribution in [-0.4, -0.2) is 45.0 Å². The molecule has 8 heteroatoms. The first-order chi connectivity index (χ1) is 13.9. The van der Waals surface area contributed by atoms with E-state index in [9.17, 15) is 13.6 Å². The lowest BCUT2D eigenvalue weighted by atomic mass is 10.0. The van der Waals surface area contributed by atoms with E-state index < -0.39 is 18.0 Å². The van der Waals surface area contributed by atoms with Crippen molar-refractivity contribution in [2.24, 2.45) is 0 Å². The lowest BCUT2D eigenvalue weighted by Gasteiger charge is -2.16. The third kappa shape index (κ3) is 3.92. The van der Waals surface area contributed by atoms with Crippen LogP contribution in [0, 0.1) is 5.82 Å². The van der Waals surface area contributed by atoms with E-state index in [1.54, 1.807) is 12.4 Å². The minimum atomic E-state index is -0.992. The Balaban J connectivity index is 1.61. The summed E-state index contributed by atoms with van der Waals surface area (Å²) in [4.78, 5) is 18.1. The number of likely N-dealkylation sites (tertiary alicyclic amines) is 1. The van der Waals surface area contributed by atoms with Crippen LogP contribution in [0.2, 0.25) is 0 Å². The summed E-state index contributed by atoms with van der Waals surface area (Å²) in [5, 5.41) is 7.90. The summed E-state index contributed by atoms with van der Waals surface area (Å²) in [6, 6.07) is 5.88. The van der Waals surface area contributed by atoms with Gasteiger partial charge in [0.25, 0.3) is 0 Å². The normalized spacial score (nSPS) is 17.7. The number of urea groups is 1. The number of anilines is 1. The first-order valence-corrected chi connectivity index (χ1v) is 9.80. The zero-order valence-electron chi connectivity index (χ0n) is 16.4. The van der Waals surface area contributed by atoms with Gasteiger partial charge < -0.3 is 10.2 Å². The summed E-state index contributed by atoms with van der Waals surface area (Å²) in [6.07, 6.45) is 3.88. The number of carbonyl (C=O) groups excluding carboxylic acids is 1. The van der Waals surface area contributed by atoms with E-state index in [1.807, 2.05) is 6.07 Å². The van der Waals surface area contributed by atoms with Gasteiger partial charge in [-0.1, -0.05) is 13.8 Å². The van der Waals surface area contributed by atoms with Crippen LogP contribution in [0.5, 0.6) is 0 Å². The van der Waals surface area contributed by atoms with Crippen molar-refractivity contribution in [1.82, 2.24) is 19.7 Å². The highest BCUT2D eigenvalue weighted by Crippen LogP contribution is 2.24. The molecule has 0 spiro atoms. The van der Waals surface area contributed by atoms with Crippen molar-refractivity contribution < 1.29 is 13.6 Å². The van der Waals surface area contributed by atoms with Crippen molar-refractivity contribution in [1.29, 1.82) is 0 Å². The van der Waals surface area contributed by atoms with Gasteiger partial charge in [0.15, 0.2) is 5.65 Å². The number of benzene rings is 1. The summed E-state index contributed by atoms with van der Waals surface area (Å²) in [5.74, 6) is -0.0945. The molecule has 0 saturated carbocycles. The first kappa shape index (κ1) is 19.3. The zero-order valence-corrected chi connectivity index (χ0v) is 16.4. The van der Waals surface area contributed by atoms with Crippen LogP contribution in [0.4, 0.5) is 19.3 Å². The maximum Gasteiger partial charge on any atom is 0.321 e. The molecule has 6 nitrogen and oxygen atoms in total. The molecular weight excluding hydrogens is 376 g/mol. The van der Waals surface area contributed by atoms with Gasteiger partial charge in [0.2, 0.25) is 0 Å². The van der Waals surface area contributed by atoms with Crippen LogP contribution in [0.1, 0.15) is 38.2 Å². The summed E-state index contributed by atoms with van der Waals surface area (Å²) in [5.41, 5.74) is 2.26.